The summed E-state index contributed by atoms with van der Waals surface area (Å²) in [5, 5.41) is 9.85. The Bertz CT molecular complexity index is 673. The van der Waals surface area contributed by atoms with Gasteiger partial charge >= 0.3 is 5.97 Å². The van der Waals surface area contributed by atoms with E-state index in [4.69, 9.17) is 21.7 Å². The molecule has 0 radical (unpaired) electrons. The third kappa shape index (κ3) is 3.99. The Balaban J connectivity index is 1.73. The number of fused-ring (bicyclic) bond motifs is 2. The average molecular weight is 376 g/mol. The number of thioether (sulfide) groups is 1. The van der Waals surface area contributed by atoms with Gasteiger partial charge in [-0.25, -0.2) is 4.79 Å². The van der Waals surface area contributed by atoms with E-state index in [0.717, 1.165) is 19.3 Å². The molecule has 1 aromatic rings. The number of carbonyl (C=O) groups is 1. The van der Waals surface area contributed by atoms with Crippen molar-refractivity contribution in [2.24, 2.45) is 17.8 Å². The van der Waals surface area contributed by atoms with Crippen LogP contribution in [0.1, 0.15) is 36.5 Å². The van der Waals surface area contributed by atoms with E-state index in [9.17, 15) is 10.1 Å². The first kappa shape index (κ1) is 18.2. The molecule has 3 rings (SSSR count). The Morgan fingerprint density at radius 1 is 1.36 bits per heavy atom. The van der Waals surface area contributed by atoms with Crippen LogP contribution in [-0.4, -0.2) is 28.3 Å². The van der Waals surface area contributed by atoms with Crippen molar-refractivity contribution in [3.63, 3.8) is 0 Å². The number of nitriles is 1. The molecule has 0 saturated heterocycles. The van der Waals surface area contributed by atoms with Crippen molar-refractivity contribution in [2.45, 2.75) is 37.5 Å². The van der Waals surface area contributed by atoms with Crippen molar-refractivity contribution in [1.82, 2.24) is 0 Å². The molecule has 2 aliphatic carbocycles. The van der Waals surface area contributed by atoms with E-state index in [1.807, 2.05) is 13.0 Å². The van der Waals surface area contributed by atoms with Crippen LogP contribution < -0.4 is 0 Å². The Morgan fingerprint density at radius 3 is 2.76 bits per heavy atom. The molecular weight excluding hydrogens is 354 g/mol. The summed E-state index contributed by atoms with van der Waals surface area (Å²) in [5.74, 6) is 0.510. The molecule has 1 aromatic carbocycles. The highest BCUT2D eigenvalue weighted by atomic mass is 32.2. The average Bonchev–Trinajstić information content (AvgIpc) is 3.22. The van der Waals surface area contributed by atoms with Gasteiger partial charge in [0.1, 0.15) is 6.07 Å². The van der Waals surface area contributed by atoms with Crippen LogP contribution in [0.5, 0.6) is 0 Å². The lowest BCUT2D eigenvalue weighted by atomic mass is 9.84. The first-order valence-electron chi connectivity index (χ1n) is 8.63. The van der Waals surface area contributed by atoms with E-state index < -0.39 is 12.1 Å². The molecule has 25 heavy (non-hydrogen) atoms. The SMILES string of the molecule is CCOC(=S)SC1C2CCC(C2)C1C(C#N)OC(=O)c1ccccc1. The number of hydrogen-bond acceptors (Lipinski definition) is 6. The summed E-state index contributed by atoms with van der Waals surface area (Å²) in [4.78, 5) is 12.4. The first-order valence-corrected chi connectivity index (χ1v) is 9.92. The van der Waals surface area contributed by atoms with Gasteiger partial charge in [-0.1, -0.05) is 30.0 Å². The number of benzene rings is 1. The summed E-state index contributed by atoms with van der Waals surface area (Å²) in [5.41, 5.74) is 0.472. The maximum absolute atomic E-state index is 12.4. The van der Waals surface area contributed by atoms with Gasteiger partial charge in [-0.3, -0.25) is 0 Å². The van der Waals surface area contributed by atoms with Gasteiger partial charge in [-0.05, 0) is 62.4 Å². The maximum atomic E-state index is 12.4. The number of carbonyl (C=O) groups excluding carboxylic acids is 1. The molecule has 5 atom stereocenters. The second kappa shape index (κ2) is 8.20. The number of ether oxygens (including phenoxy) is 2. The largest absolute Gasteiger partial charge is 0.479 e. The van der Waals surface area contributed by atoms with Crippen LogP contribution in [0.2, 0.25) is 0 Å². The highest BCUT2D eigenvalue weighted by Gasteiger charge is 2.52. The zero-order valence-electron chi connectivity index (χ0n) is 14.1. The van der Waals surface area contributed by atoms with Crippen molar-refractivity contribution >= 4 is 34.3 Å². The van der Waals surface area contributed by atoms with Crippen LogP contribution in [0.3, 0.4) is 0 Å². The van der Waals surface area contributed by atoms with Crippen molar-refractivity contribution in [3.8, 4) is 6.07 Å². The van der Waals surface area contributed by atoms with Gasteiger partial charge in [-0.15, -0.1) is 0 Å². The normalized spacial score (nSPS) is 28.2. The third-order valence-electron chi connectivity index (χ3n) is 5.12. The lowest BCUT2D eigenvalue weighted by Gasteiger charge is -2.32. The molecule has 0 aromatic heterocycles. The molecule has 2 saturated carbocycles. The maximum Gasteiger partial charge on any atom is 0.339 e. The molecule has 5 unspecified atom stereocenters. The van der Waals surface area contributed by atoms with Gasteiger partial charge in [0.2, 0.25) is 4.38 Å². The van der Waals surface area contributed by atoms with Crippen LogP contribution in [0, 0.1) is 29.1 Å². The Kier molecular flexibility index (Phi) is 5.98. The van der Waals surface area contributed by atoms with Crippen LogP contribution in [-0.2, 0) is 9.47 Å². The molecule has 4 nitrogen and oxygen atoms in total. The fourth-order valence-corrected chi connectivity index (χ4v) is 5.91. The Hall–Kier alpha value is -1.58. The monoisotopic (exact) mass is 375 g/mol. The fourth-order valence-electron chi connectivity index (χ4n) is 4.09. The smallest absolute Gasteiger partial charge is 0.339 e. The summed E-state index contributed by atoms with van der Waals surface area (Å²) < 4.78 is 11.5. The highest BCUT2D eigenvalue weighted by Crippen LogP contribution is 2.55. The van der Waals surface area contributed by atoms with Crippen molar-refractivity contribution in [3.05, 3.63) is 35.9 Å². The summed E-state index contributed by atoms with van der Waals surface area (Å²) in [7, 11) is 0. The lowest BCUT2D eigenvalue weighted by molar-refractivity contribution is 0.0231. The van der Waals surface area contributed by atoms with Crippen LogP contribution in [0.25, 0.3) is 0 Å². The van der Waals surface area contributed by atoms with E-state index in [1.54, 1.807) is 24.3 Å². The van der Waals surface area contributed by atoms with Gasteiger partial charge in [0.25, 0.3) is 0 Å². The van der Waals surface area contributed by atoms with Gasteiger partial charge in [-0.2, -0.15) is 5.26 Å². The van der Waals surface area contributed by atoms with E-state index in [1.165, 1.54) is 11.8 Å². The minimum atomic E-state index is -0.745. The first-order chi connectivity index (χ1) is 12.1. The van der Waals surface area contributed by atoms with E-state index >= 15 is 0 Å². The second-order valence-electron chi connectivity index (χ2n) is 6.50. The number of thiocarbonyl (C=S) groups is 1. The van der Waals surface area contributed by atoms with Gasteiger partial charge in [0.15, 0.2) is 6.10 Å². The molecule has 0 amide bonds. The molecule has 0 heterocycles. The lowest BCUT2D eigenvalue weighted by Crippen LogP contribution is -2.37. The number of rotatable bonds is 5. The topological polar surface area (TPSA) is 59.3 Å². The predicted molar refractivity (Wildman–Crippen MR) is 101 cm³/mol. The van der Waals surface area contributed by atoms with Crippen LogP contribution >= 0.6 is 24.0 Å². The standard InChI is InChI=1S/C19H21NO3S2/c1-2-22-19(24)25-17-14-9-8-13(10-14)16(17)15(11-20)23-18(21)12-6-4-3-5-7-12/h3-7,13-17H,2,8-10H2,1H3. The molecule has 0 N–H and O–H groups in total. The summed E-state index contributed by atoms with van der Waals surface area (Å²) in [6.45, 7) is 2.45. The van der Waals surface area contributed by atoms with Crippen LogP contribution in [0.15, 0.2) is 30.3 Å². The molecule has 6 heteroatoms. The number of nitrogens with zero attached hydrogens (tertiary/aromatic N) is 1. The summed E-state index contributed by atoms with van der Waals surface area (Å²) >= 11 is 6.83. The molecule has 0 aliphatic heterocycles. The molecule has 0 spiro atoms. The fraction of sp³-hybridized carbons (Fsp3) is 0.526. The highest BCUT2D eigenvalue weighted by molar-refractivity contribution is 8.23. The van der Waals surface area contributed by atoms with Crippen molar-refractivity contribution in [2.75, 3.05) is 6.61 Å². The van der Waals surface area contributed by atoms with E-state index in [2.05, 4.69) is 6.07 Å². The minimum Gasteiger partial charge on any atom is -0.479 e. The van der Waals surface area contributed by atoms with Crippen LogP contribution in [0.4, 0.5) is 0 Å². The Morgan fingerprint density at radius 2 is 2.08 bits per heavy atom. The van der Waals surface area contributed by atoms with Gasteiger partial charge in [0, 0.05) is 11.2 Å². The summed E-state index contributed by atoms with van der Waals surface area (Å²) in [6.07, 6.45) is 2.58. The van der Waals surface area contributed by atoms with Gasteiger partial charge in [0.05, 0.1) is 12.2 Å². The number of hydrogen-bond donors (Lipinski definition) is 0. The van der Waals surface area contributed by atoms with E-state index in [-0.39, 0.29) is 11.2 Å². The predicted octanol–water partition coefficient (Wildman–Crippen LogP) is 4.20. The van der Waals surface area contributed by atoms with Gasteiger partial charge < -0.3 is 9.47 Å². The molecule has 2 aliphatic rings. The third-order valence-corrected chi connectivity index (χ3v) is 6.81. The summed E-state index contributed by atoms with van der Waals surface area (Å²) in [6, 6.07) is 11.0. The quantitative estimate of drug-likeness (QED) is 0.568. The van der Waals surface area contributed by atoms with Crippen molar-refractivity contribution < 1.29 is 14.3 Å². The minimum absolute atomic E-state index is 0.0137. The molecular formula is C19H21NO3S2. The molecule has 132 valence electrons. The molecule has 2 bridgehead atoms. The number of esters is 1. The van der Waals surface area contributed by atoms with Crippen molar-refractivity contribution in [1.29, 1.82) is 5.26 Å². The zero-order valence-corrected chi connectivity index (χ0v) is 15.7. The van der Waals surface area contributed by atoms with E-state index in [0.29, 0.717) is 28.4 Å². The Labute approximate surface area is 157 Å². The molecule has 2 fully saturated rings. The second-order valence-corrected chi connectivity index (χ2v) is 8.28. The zero-order chi connectivity index (χ0) is 17.8.